The highest BCUT2D eigenvalue weighted by atomic mass is 19.3. The van der Waals surface area contributed by atoms with E-state index >= 15 is 0 Å². The summed E-state index contributed by atoms with van der Waals surface area (Å²) < 4.78 is 29.4. The van der Waals surface area contributed by atoms with Crippen LogP contribution in [0.25, 0.3) is 11.4 Å². The Morgan fingerprint density at radius 1 is 1.41 bits per heavy atom. The first kappa shape index (κ1) is 11.2. The summed E-state index contributed by atoms with van der Waals surface area (Å²) in [5, 5.41) is 12.2. The molecular formula is C10H6F2N2O3. The van der Waals surface area contributed by atoms with Gasteiger partial charge in [-0.2, -0.15) is 0 Å². The molecule has 0 spiro atoms. The van der Waals surface area contributed by atoms with Crippen LogP contribution in [0.3, 0.4) is 0 Å². The lowest BCUT2D eigenvalue weighted by atomic mass is 10.1. The second kappa shape index (κ2) is 4.28. The van der Waals surface area contributed by atoms with Crippen molar-refractivity contribution in [2.75, 3.05) is 0 Å². The van der Waals surface area contributed by atoms with Gasteiger partial charge in [0, 0.05) is 6.20 Å². The van der Waals surface area contributed by atoms with Crippen LogP contribution in [-0.4, -0.2) is 21.2 Å². The number of nitrogens with zero attached hydrogens (tertiary/aromatic N) is 2. The van der Waals surface area contributed by atoms with Gasteiger partial charge >= 0.3 is 5.97 Å². The summed E-state index contributed by atoms with van der Waals surface area (Å²) in [5.74, 6) is -2.49. The third kappa shape index (κ3) is 1.99. The van der Waals surface area contributed by atoms with E-state index in [1.807, 2.05) is 0 Å². The number of aromatic carboxylic acids is 1. The molecule has 2 aromatic heterocycles. The van der Waals surface area contributed by atoms with Crippen LogP contribution in [0.4, 0.5) is 8.78 Å². The van der Waals surface area contributed by atoms with E-state index in [1.54, 1.807) is 12.1 Å². The van der Waals surface area contributed by atoms with E-state index in [0.717, 1.165) is 0 Å². The van der Waals surface area contributed by atoms with Gasteiger partial charge in [-0.15, -0.1) is 0 Å². The van der Waals surface area contributed by atoms with Crippen molar-refractivity contribution in [1.82, 2.24) is 10.1 Å². The van der Waals surface area contributed by atoms with Gasteiger partial charge in [-0.1, -0.05) is 11.2 Å². The molecule has 0 aromatic carbocycles. The van der Waals surface area contributed by atoms with Gasteiger partial charge in [0.2, 0.25) is 5.76 Å². The highest BCUT2D eigenvalue weighted by Crippen LogP contribution is 2.30. The molecule has 0 aliphatic heterocycles. The van der Waals surface area contributed by atoms with Crippen LogP contribution in [0.1, 0.15) is 22.5 Å². The van der Waals surface area contributed by atoms with Crippen molar-refractivity contribution in [2.45, 2.75) is 6.43 Å². The number of halogens is 2. The number of alkyl halides is 2. The number of carboxylic acids is 1. The van der Waals surface area contributed by atoms with Crippen LogP contribution in [0.15, 0.2) is 28.9 Å². The second-order valence-electron chi connectivity index (χ2n) is 3.09. The first-order chi connectivity index (χ1) is 8.11. The minimum atomic E-state index is -3.04. The van der Waals surface area contributed by atoms with Crippen LogP contribution in [0.5, 0.6) is 0 Å². The average Bonchev–Trinajstić information content (AvgIpc) is 2.74. The normalized spacial score (nSPS) is 10.8. The Labute approximate surface area is 93.7 Å². The zero-order chi connectivity index (χ0) is 12.4. The highest BCUT2D eigenvalue weighted by molar-refractivity contribution is 5.95. The van der Waals surface area contributed by atoms with Gasteiger partial charge in [0.05, 0.1) is 5.69 Å². The molecule has 5 nitrogen and oxygen atoms in total. The van der Waals surface area contributed by atoms with Crippen molar-refractivity contribution in [2.24, 2.45) is 0 Å². The smallest absolute Gasteiger partial charge is 0.341 e. The maximum atomic E-state index is 12.5. The van der Waals surface area contributed by atoms with Gasteiger partial charge in [0.1, 0.15) is 11.3 Å². The van der Waals surface area contributed by atoms with Crippen LogP contribution < -0.4 is 0 Å². The van der Waals surface area contributed by atoms with E-state index in [1.165, 1.54) is 12.3 Å². The molecular weight excluding hydrogens is 234 g/mol. The lowest BCUT2D eigenvalue weighted by Crippen LogP contribution is -2.02. The molecule has 17 heavy (non-hydrogen) atoms. The van der Waals surface area contributed by atoms with Crippen molar-refractivity contribution < 1.29 is 23.2 Å². The van der Waals surface area contributed by atoms with E-state index < -0.39 is 23.7 Å². The topological polar surface area (TPSA) is 76.2 Å². The fourth-order valence-electron chi connectivity index (χ4n) is 1.34. The van der Waals surface area contributed by atoms with Crippen molar-refractivity contribution in [3.05, 3.63) is 35.7 Å². The predicted molar refractivity (Wildman–Crippen MR) is 51.7 cm³/mol. The molecule has 0 aliphatic carbocycles. The Kier molecular flexibility index (Phi) is 2.82. The predicted octanol–water partition coefficient (Wildman–Crippen LogP) is 2.37. The number of carbonyl (C=O) groups is 1. The first-order valence-electron chi connectivity index (χ1n) is 4.53. The molecule has 0 amide bonds. The highest BCUT2D eigenvalue weighted by Gasteiger charge is 2.29. The van der Waals surface area contributed by atoms with Gasteiger partial charge in [0.25, 0.3) is 6.43 Å². The fourth-order valence-corrected chi connectivity index (χ4v) is 1.34. The lowest BCUT2D eigenvalue weighted by Gasteiger charge is -1.97. The Morgan fingerprint density at radius 2 is 2.18 bits per heavy atom. The maximum Gasteiger partial charge on any atom is 0.341 e. The molecule has 0 aliphatic rings. The number of hydrogen-bond donors (Lipinski definition) is 1. The maximum absolute atomic E-state index is 12.5. The summed E-state index contributed by atoms with van der Waals surface area (Å²) in [7, 11) is 0. The van der Waals surface area contributed by atoms with E-state index in [2.05, 4.69) is 14.7 Å². The van der Waals surface area contributed by atoms with Gasteiger partial charge in [-0.25, -0.2) is 13.6 Å². The van der Waals surface area contributed by atoms with Gasteiger partial charge in [-0.05, 0) is 12.1 Å². The molecule has 88 valence electrons. The molecule has 0 bridgehead atoms. The summed E-state index contributed by atoms with van der Waals surface area (Å²) in [5.41, 5.74) is -0.687. The largest absolute Gasteiger partial charge is 0.477 e. The van der Waals surface area contributed by atoms with Gasteiger partial charge in [-0.3, -0.25) is 4.98 Å². The van der Waals surface area contributed by atoms with Gasteiger partial charge < -0.3 is 9.63 Å². The standard InChI is InChI=1S/C10H6F2N2O3/c11-9(12)8-6(10(15)16)7(14-17-8)5-3-1-2-4-13-5/h1-4,9H,(H,15,16). The number of rotatable bonds is 3. The molecule has 0 atom stereocenters. The Balaban J connectivity index is 2.60. The minimum Gasteiger partial charge on any atom is -0.477 e. The van der Waals surface area contributed by atoms with E-state index in [-0.39, 0.29) is 11.4 Å². The average molecular weight is 240 g/mol. The molecule has 0 radical (unpaired) electrons. The molecule has 7 heteroatoms. The number of pyridine rings is 1. The zero-order valence-electron chi connectivity index (χ0n) is 8.30. The molecule has 2 aromatic rings. The first-order valence-corrected chi connectivity index (χ1v) is 4.53. The van der Waals surface area contributed by atoms with Crippen LogP contribution in [-0.2, 0) is 0 Å². The number of aromatic nitrogens is 2. The Hall–Kier alpha value is -2.31. The summed E-state index contributed by atoms with van der Waals surface area (Å²) in [6.45, 7) is 0. The van der Waals surface area contributed by atoms with Crippen LogP contribution in [0.2, 0.25) is 0 Å². The number of carboxylic acid groups (broad SMARTS) is 1. The quantitative estimate of drug-likeness (QED) is 0.891. The molecule has 0 unspecified atom stereocenters. The van der Waals surface area contributed by atoms with Crippen molar-refractivity contribution in [1.29, 1.82) is 0 Å². The van der Waals surface area contributed by atoms with Crippen LogP contribution >= 0.6 is 0 Å². The summed E-state index contributed by atoms with van der Waals surface area (Å²) in [4.78, 5) is 14.8. The molecule has 2 rings (SSSR count). The van der Waals surface area contributed by atoms with Gasteiger partial charge in [0.15, 0.2) is 0 Å². The van der Waals surface area contributed by atoms with Crippen molar-refractivity contribution >= 4 is 5.97 Å². The lowest BCUT2D eigenvalue weighted by molar-refractivity contribution is 0.0670. The molecule has 0 saturated heterocycles. The second-order valence-corrected chi connectivity index (χ2v) is 3.09. The molecule has 1 N–H and O–H groups in total. The van der Waals surface area contributed by atoms with E-state index in [0.29, 0.717) is 0 Å². The minimum absolute atomic E-state index is 0.167. The molecule has 0 fully saturated rings. The zero-order valence-corrected chi connectivity index (χ0v) is 8.30. The monoisotopic (exact) mass is 240 g/mol. The van der Waals surface area contributed by atoms with E-state index in [9.17, 15) is 13.6 Å². The Bertz CT molecular complexity index is 540. The fraction of sp³-hybridized carbons (Fsp3) is 0.100. The third-order valence-corrected chi connectivity index (χ3v) is 2.04. The third-order valence-electron chi connectivity index (χ3n) is 2.04. The van der Waals surface area contributed by atoms with E-state index in [4.69, 9.17) is 5.11 Å². The van der Waals surface area contributed by atoms with Crippen molar-refractivity contribution in [3.63, 3.8) is 0 Å². The molecule has 2 heterocycles. The van der Waals surface area contributed by atoms with Crippen LogP contribution in [0, 0.1) is 0 Å². The Morgan fingerprint density at radius 3 is 2.71 bits per heavy atom. The summed E-state index contributed by atoms with van der Waals surface area (Å²) >= 11 is 0. The summed E-state index contributed by atoms with van der Waals surface area (Å²) in [6.07, 6.45) is -1.64. The molecule has 0 saturated carbocycles. The number of hydrogen-bond acceptors (Lipinski definition) is 4. The SMILES string of the molecule is O=C(O)c1c(-c2ccccn2)noc1C(F)F. The summed E-state index contributed by atoms with van der Waals surface area (Å²) in [6, 6.07) is 4.66. The van der Waals surface area contributed by atoms with Crippen molar-refractivity contribution in [3.8, 4) is 11.4 Å².